The molecule has 2 heterocycles. The van der Waals surface area contributed by atoms with Crippen molar-refractivity contribution in [1.29, 1.82) is 0 Å². The Labute approximate surface area is 128 Å². The summed E-state index contributed by atoms with van der Waals surface area (Å²) in [5.74, 6) is 0.203. The summed E-state index contributed by atoms with van der Waals surface area (Å²) in [6, 6.07) is 0.320. The number of nitrogens with one attached hydrogen (secondary N) is 2. The van der Waals surface area contributed by atoms with Crippen molar-refractivity contribution in [3.63, 3.8) is 0 Å². The Morgan fingerprint density at radius 1 is 1.38 bits per heavy atom. The zero-order chi connectivity index (χ0) is 14.7. The van der Waals surface area contributed by atoms with Crippen LogP contribution in [0.1, 0.15) is 48.9 Å². The number of nitrogens with two attached hydrogens (primary N) is 1. The topological polar surface area (TPSA) is 89.3 Å². The SMILES string of the molecule is Nc1nsc(NCCC2CCCCO2)c1C(=O)NC1CC1. The molecule has 2 aliphatic rings. The molecule has 116 valence electrons. The van der Waals surface area contributed by atoms with Gasteiger partial charge in [0.25, 0.3) is 5.91 Å². The Hall–Kier alpha value is -1.34. The van der Waals surface area contributed by atoms with Crippen LogP contribution < -0.4 is 16.4 Å². The normalized spacial score (nSPS) is 22.0. The number of anilines is 2. The lowest BCUT2D eigenvalue weighted by Crippen LogP contribution is -2.27. The van der Waals surface area contributed by atoms with Crippen LogP contribution in [0, 0.1) is 0 Å². The lowest BCUT2D eigenvalue weighted by Gasteiger charge is -2.22. The van der Waals surface area contributed by atoms with Gasteiger partial charge in [0.1, 0.15) is 10.6 Å². The Balaban J connectivity index is 1.53. The molecule has 1 atom stereocenters. The molecule has 1 aromatic rings. The quantitative estimate of drug-likeness (QED) is 0.747. The molecular formula is C14H22N4O2S. The van der Waals surface area contributed by atoms with Gasteiger partial charge in [0, 0.05) is 19.2 Å². The number of hydrogen-bond acceptors (Lipinski definition) is 6. The van der Waals surface area contributed by atoms with E-state index in [9.17, 15) is 4.79 Å². The van der Waals surface area contributed by atoms with Crippen LogP contribution in [0.2, 0.25) is 0 Å². The molecule has 1 aliphatic heterocycles. The number of rotatable bonds is 6. The van der Waals surface area contributed by atoms with Crippen molar-refractivity contribution in [3.05, 3.63) is 5.56 Å². The van der Waals surface area contributed by atoms with Gasteiger partial charge in [0.05, 0.1) is 6.10 Å². The minimum Gasteiger partial charge on any atom is -0.382 e. The predicted octanol–water partition coefficient (Wildman–Crippen LogP) is 1.99. The van der Waals surface area contributed by atoms with Gasteiger partial charge < -0.3 is 21.1 Å². The second kappa shape index (κ2) is 6.62. The van der Waals surface area contributed by atoms with Crippen LogP contribution in [-0.4, -0.2) is 35.6 Å². The number of nitrogen functional groups attached to an aromatic ring is 1. The molecule has 3 rings (SSSR count). The average Bonchev–Trinajstić information content (AvgIpc) is 3.22. The first-order valence-electron chi connectivity index (χ1n) is 7.65. The Morgan fingerprint density at radius 2 is 2.24 bits per heavy atom. The molecule has 1 aliphatic carbocycles. The lowest BCUT2D eigenvalue weighted by atomic mass is 10.1. The van der Waals surface area contributed by atoms with Crippen molar-refractivity contribution in [2.45, 2.75) is 50.7 Å². The zero-order valence-electron chi connectivity index (χ0n) is 12.1. The molecule has 0 bridgehead atoms. The van der Waals surface area contributed by atoms with E-state index in [0.29, 0.717) is 23.5 Å². The molecule has 1 aromatic heterocycles. The van der Waals surface area contributed by atoms with Crippen molar-refractivity contribution in [2.24, 2.45) is 0 Å². The van der Waals surface area contributed by atoms with Gasteiger partial charge >= 0.3 is 0 Å². The molecule has 4 N–H and O–H groups in total. The summed E-state index contributed by atoms with van der Waals surface area (Å²) < 4.78 is 9.80. The summed E-state index contributed by atoms with van der Waals surface area (Å²) in [5, 5.41) is 7.02. The van der Waals surface area contributed by atoms with E-state index in [1.54, 1.807) is 0 Å². The standard InChI is InChI=1S/C14H22N4O2S/c15-12-11(13(19)17-9-4-5-9)14(21-18-12)16-7-6-10-3-1-2-8-20-10/h9-10,16H,1-8H2,(H2,15,18)(H,17,19). The molecule has 2 fully saturated rings. The van der Waals surface area contributed by atoms with Gasteiger partial charge in [-0.2, -0.15) is 4.37 Å². The van der Waals surface area contributed by atoms with Gasteiger partial charge in [-0.05, 0) is 50.1 Å². The molecule has 1 unspecified atom stereocenters. The monoisotopic (exact) mass is 310 g/mol. The third-order valence-corrected chi connectivity index (χ3v) is 4.70. The number of nitrogens with zero attached hydrogens (tertiary/aromatic N) is 1. The molecule has 1 saturated heterocycles. The van der Waals surface area contributed by atoms with Crippen molar-refractivity contribution in [3.8, 4) is 0 Å². The summed E-state index contributed by atoms with van der Waals surface area (Å²) in [6.45, 7) is 1.64. The summed E-state index contributed by atoms with van der Waals surface area (Å²) in [5.41, 5.74) is 6.32. The van der Waals surface area contributed by atoms with Crippen LogP contribution in [0.5, 0.6) is 0 Å². The minimum atomic E-state index is -0.111. The highest BCUT2D eigenvalue weighted by Crippen LogP contribution is 2.28. The average molecular weight is 310 g/mol. The van der Waals surface area contributed by atoms with E-state index >= 15 is 0 Å². The summed E-state index contributed by atoms with van der Waals surface area (Å²) >= 11 is 1.25. The van der Waals surface area contributed by atoms with E-state index in [-0.39, 0.29) is 5.91 Å². The summed E-state index contributed by atoms with van der Waals surface area (Å²) in [4.78, 5) is 12.2. The molecule has 0 radical (unpaired) electrons. The van der Waals surface area contributed by atoms with Crippen LogP contribution in [-0.2, 0) is 4.74 Å². The Morgan fingerprint density at radius 3 is 2.95 bits per heavy atom. The number of aromatic nitrogens is 1. The van der Waals surface area contributed by atoms with Gasteiger partial charge in [0.15, 0.2) is 5.82 Å². The number of carbonyl (C=O) groups is 1. The van der Waals surface area contributed by atoms with Crippen LogP contribution in [0.15, 0.2) is 0 Å². The van der Waals surface area contributed by atoms with Crippen molar-refractivity contribution in [2.75, 3.05) is 24.2 Å². The maximum atomic E-state index is 12.2. The van der Waals surface area contributed by atoms with Crippen molar-refractivity contribution < 1.29 is 9.53 Å². The van der Waals surface area contributed by atoms with E-state index in [4.69, 9.17) is 10.5 Å². The maximum Gasteiger partial charge on any atom is 0.258 e. The molecule has 7 heteroatoms. The first-order chi connectivity index (χ1) is 10.2. The minimum absolute atomic E-state index is 0.111. The first kappa shape index (κ1) is 14.6. The Bertz CT molecular complexity index is 495. The number of hydrogen-bond donors (Lipinski definition) is 3. The molecule has 1 saturated carbocycles. The fourth-order valence-electron chi connectivity index (χ4n) is 2.51. The molecule has 0 spiro atoms. The van der Waals surface area contributed by atoms with E-state index in [1.807, 2.05) is 0 Å². The molecule has 1 amide bonds. The second-order valence-electron chi connectivity index (χ2n) is 5.72. The lowest BCUT2D eigenvalue weighted by molar-refractivity contribution is 0.0134. The van der Waals surface area contributed by atoms with Gasteiger partial charge in [-0.1, -0.05) is 0 Å². The smallest absolute Gasteiger partial charge is 0.258 e. The van der Waals surface area contributed by atoms with Crippen LogP contribution >= 0.6 is 11.5 Å². The van der Waals surface area contributed by atoms with E-state index in [2.05, 4.69) is 15.0 Å². The predicted molar refractivity (Wildman–Crippen MR) is 83.7 cm³/mol. The number of ether oxygens (including phenoxy) is 1. The van der Waals surface area contributed by atoms with Gasteiger partial charge in [0.2, 0.25) is 0 Å². The van der Waals surface area contributed by atoms with Gasteiger partial charge in [-0.25, -0.2) is 0 Å². The number of amides is 1. The fraction of sp³-hybridized carbons (Fsp3) is 0.714. The fourth-order valence-corrected chi connectivity index (χ4v) is 3.25. The van der Waals surface area contributed by atoms with Gasteiger partial charge in [-0.3, -0.25) is 4.79 Å². The molecule has 6 nitrogen and oxygen atoms in total. The van der Waals surface area contributed by atoms with Gasteiger partial charge in [-0.15, -0.1) is 0 Å². The van der Waals surface area contributed by atoms with Crippen LogP contribution in [0.25, 0.3) is 0 Å². The summed E-state index contributed by atoms with van der Waals surface area (Å²) in [7, 11) is 0. The molecule has 21 heavy (non-hydrogen) atoms. The molecular weight excluding hydrogens is 288 g/mol. The third-order valence-electron chi connectivity index (χ3n) is 3.88. The van der Waals surface area contributed by atoms with Crippen molar-refractivity contribution in [1.82, 2.24) is 9.69 Å². The second-order valence-corrected chi connectivity index (χ2v) is 6.50. The van der Waals surface area contributed by atoms with Crippen molar-refractivity contribution >= 4 is 28.3 Å². The van der Waals surface area contributed by atoms with E-state index in [0.717, 1.165) is 43.8 Å². The largest absolute Gasteiger partial charge is 0.382 e. The first-order valence-corrected chi connectivity index (χ1v) is 8.43. The third kappa shape index (κ3) is 3.85. The van der Waals surface area contributed by atoms with Crippen LogP contribution in [0.4, 0.5) is 10.8 Å². The molecule has 0 aromatic carbocycles. The highest BCUT2D eigenvalue weighted by molar-refractivity contribution is 7.11. The van der Waals surface area contributed by atoms with E-state index < -0.39 is 0 Å². The summed E-state index contributed by atoms with van der Waals surface area (Å²) in [6.07, 6.45) is 6.94. The van der Waals surface area contributed by atoms with Crippen LogP contribution in [0.3, 0.4) is 0 Å². The highest BCUT2D eigenvalue weighted by atomic mass is 32.1. The Kier molecular flexibility index (Phi) is 4.60. The number of carbonyl (C=O) groups excluding carboxylic acids is 1. The zero-order valence-corrected chi connectivity index (χ0v) is 12.9. The maximum absolute atomic E-state index is 12.2. The van der Waals surface area contributed by atoms with E-state index in [1.165, 1.54) is 24.4 Å². The highest BCUT2D eigenvalue weighted by Gasteiger charge is 2.27.